The molecule has 152 valence electrons. The van der Waals surface area contributed by atoms with Crippen LogP contribution in [-0.4, -0.2) is 50.1 Å². The Morgan fingerprint density at radius 2 is 2.07 bits per heavy atom. The van der Waals surface area contributed by atoms with Crippen LogP contribution in [0.2, 0.25) is 0 Å². The van der Waals surface area contributed by atoms with E-state index in [2.05, 4.69) is 10.6 Å². The van der Waals surface area contributed by atoms with E-state index in [1.165, 1.54) is 17.0 Å². The first-order valence-electron chi connectivity index (χ1n) is 9.02. The fourth-order valence-corrected chi connectivity index (χ4v) is 2.92. The molecule has 1 saturated carbocycles. The maximum absolute atomic E-state index is 13.6. The van der Waals surface area contributed by atoms with Crippen LogP contribution < -0.4 is 21.3 Å². The molecule has 1 saturated heterocycles. The quantitative estimate of drug-likeness (QED) is 0.630. The van der Waals surface area contributed by atoms with E-state index in [4.69, 9.17) is 10.5 Å². The fraction of sp³-hybridized carbons (Fsp3) is 0.500. The van der Waals surface area contributed by atoms with Gasteiger partial charge in [0.25, 0.3) is 12.3 Å². The Morgan fingerprint density at radius 3 is 2.68 bits per heavy atom. The van der Waals surface area contributed by atoms with E-state index >= 15 is 0 Å². The van der Waals surface area contributed by atoms with Gasteiger partial charge in [-0.2, -0.15) is 0 Å². The zero-order valence-corrected chi connectivity index (χ0v) is 15.1. The predicted octanol–water partition coefficient (Wildman–Crippen LogP) is 0.779. The van der Waals surface area contributed by atoms with E-state index in [0.29, 0.717) is 0 Å². The van der Waals surface area contributed by atoms with E-state index in [1.54, 1.807) is 0 Å². The Labute approximate surface area is 160 Å². The Kier molecular flexibility index (Phi) is 6.20. The first kappa shape index (κ1) is 20.2. The molecule has 1 heterocycles. The third-order valence-electron chi connectivity index (χ3n) is 4.62. The minimum Gasteiger partial charge on any atom is -0.370 e. The molecular formula is C18H22F2N4O4. The lowest BCUT2D eigenvalue weighted by molar-refractivity contribution is -0.127. The molecule has 3 rings (SSSR count). The highest BCUT2D eigenvalue weighted by Crippen LogP contribution is 2.33. The average Bonchev–Trinajstić information content (AvgIpc) is 3.51. The standard InChI is InChI=1S/C18H22F2N4O4/c19-16(20)12-7-11(3-4-14(12)24-5-6-28-9-15(24)25)22-18(27)13(8-21)23-17(26)10-1-2-10/h3-4,7,10,13,16H,1-2,5-6,8-9,21H2,(H,22,27)(H,23,26)/t13-/m1/s1. The van der Waals surface area contributed by atoms with Gasteiger partial charge in [0.15, 0.2) is 0 Å². The van der Waals surface area contributed by atoms with E-state index in [9.17, 15) is 23.2 Å². The summed E-state index contributed by atoms with van der Waals surface area (Å²) in [5.41, 5.74) is 5.39. The number of carbonyl (C=O) groups is 3. The van der Waals surface area contributed by atoms with Gasteiger partial charge in [0.05, 0.1) is 12.3 Å². The smallest absolute Gasteiger partial charge is 0.265 e. The molecule has 1 aromatic rings. The first-order valence-corrected chi connectivity index (χ1v) is 9.02. The topological polar surface area (TPSA) is 114 Å². The third kappa shape index (κ3) is 4.63. The van der Waals surface area contributed by atoms with Gasteiger partial charge in [-0.15, -0.1) is 0 Å². The summed E-state index contributed by atoms with van der Waals surface area (Å²) in [7, 11) is 0. The van der Waals surface area contributed by atoms with Crippen LogP contribution in [0.1, 0.15) is 24.8 Å². The number of alkyl halides is 2. The van der Waals surface area contributed by atoms with Crippen LogP contribution in [0.15, 0.2) is 18.2 Å². The van der Waals surface area contributed by atoms with Crippen LogP contribution in [0.4, 0.5) is 20.2 Å². The molecule has 0 spiro atoms. The number of hydrogen-bond acceptors (Lipinski definition) is 5. The molecule has 3 amide bonds. The molecule has 4 N–H and O–H groups in total. The molecule has 0 bridgehead atoms. The molecule has 28 heavy (non-hydrogen) atoms. The van der Waals surface area contributed by atoms with E-state index in [1.807, 2.05) is 0 Å². The highest BCUT2D eigenvalue weighted by Gasteiger charge is 2.32. The number of amides is 3. The van der Waals surface area contributed by atoms with Crippen molar-refractivity contribution in [1.82, 2.24) is 5.32 Å². The number of rotatable bonds is 7. The molecule has 8 nitrogen and oxygen atoms in total. The van der Waals surface area contributed by atoms with Crippen LogP contribution in [0.3, 0.4) is 0 Å². The Balaban J connectivity index is 1.74. The summed E-state index contributed by atoms with van der Waals surface area (Å²) in [4.78, 5) is 37.4. The minimum atomic E-state index is -2.85. The van der Waals surface area contributed by atoms with Gasteiger partial charge < -0.3 is 26.0 Å². The van der Waals surface area contributed by atoms with Crippen molar-refractivity contribution in [3.05, 3.63) is 23.8 Å². The molecule has 1 aliphatic carbocycles. The van der Waals surface area contributed by atoms with Crippen molar-refractivity contribution in [3.63, 3.8) is 0 Å². The number of ether oxygens (including phenoxy) is 1. The summed E-state index contributed by atoms with van der Waals surface area (Å²) in [6, 6.07) is 2.96. The molecule has 2 aliphatic rings. The van der Waals surface area contributed by atoms with Crippen LogP contribution in [0, 0.1) is 5.92 Å². The van der Waals surface area contributed by atoms with Crippen molar-refractivity contribution in [1.29, 1.82) is 0 Å². The summed E-state index contributed by atoms with van der Waals surface area (Å²) >= 11 is 0. The van der Waals surface area contributed by atoms with Gasteiger partial charge in [0, 0.05) is 30.3 Å². The number of carbonyl (C=O) groups excluding carboxylic acids is 3. The normalized spacial score (nSPS) is 18.1. The zero-order valence-electron chi connectivity index (χ0n) is 15.1. The molecule has 0 radical (unpaired) electrons. The lowest BCUT2D eigenvalue weighted by Crippen LogP contribution is -2.48. The van der Waals surface area contributed by atoms with E-state index in [0.717, 1.165) is 18.9 Å². The summed E-state index contributed by atoms with van der Waals surface area (Å²) in [6.07, 6.45) is -1.28. The number of nitrogens with one attached hydrogen (secondary N) is 2. The van der Waals surface area contributed by atoms with Gasteiger partial charge in [-0.25, -0.2) is 8.78 Å². The van der Waals surface area contributed by atoms with Crippen molar-refractivity contribution >= 4 is 29.1 Å². The van der Waals surface area contributed by atoms with Crippen molar-refractivity contribution in [2.75, 3.05) is 36.5 Å². The SMILES string of the molecule is NC[C@@H](NC(=O)C1CC1)C(=O)Nc1ccc(N2CCOCC2=O)c(C(F)F)c1. The van der Waals surface area contributed by atoms with Gasteiger partial charge in [-0.1, -0.05) is 0 Å². The Bertz CT molecular complexity index is 770. The summed E-state index contributed by atoms with van der Waals surface area (Å²) in [6.45, 7) is 0.144. The zero-order chi connectivity index (χ0) is 20.3. The molecule has 10 heteroatoms. The summed E-state index contributed by atoms with van der Waals surface area (Å²) < 4.78 is 32.1. The number of nitrogens with zero attached hydrogens (tertiary/aromatic N) is 1. The highest BCUT2D eigenvalue weighted by atomic mass is 19.3. The van der Waals surface area contributed by atoms with Crippen LogP contribution in [-0.2, 0) is 19.1 Å². The number of nitrogens with two attached hydrogens (primary N) is 1. The van der Waals surface area contributed by atoms with E-state index < -0.39 is 24.3 Å². The molecule has 0 unspecified atom stereocenters. The first-order chi connectivity index (χ1) is 13.4. The number of hydrogen-bond donors (Lipinski definition) is 3. The Morgan fingerprint density at radius 1 is 1.32 bits per heavy atom. The maximum Gasteiger partial charge on any atom is 0.265 e. The lowest BCUT2D eigenvalue weighted by atomic mass is 10.1. The molecule has 1 atom stereocenters. The second-order valence-electron chi connectivity index (χ2n) is 6.73. The van der Waals surface area contributed by atoms with Gasteiger partial charge >= 0.3 is 0 Å². The van der Waals surface area contributed by atoms with E-state index in [-0.39, 0.29) is 55.1 Å². The number of anilines is 2. The average molecular weight is 396 g/mol. The molecule has 1 aliphatic heterocycles. The van der Waals surface area contributed by atoms with Crippen molar-refractivity contribution in [2.24, 2.45) is 11.7 Å². The number of morpholine rings is 1. The molecule has 1 aromatic carbocycles. The van der Waals surface area contributed by atoms with Gasteiger partial charge in [-0.3, -0.25) is 14.4 Å². The third-order valence-corrected chi connectivity index (χ3v) is 4.62. The summed E-state index contributed by atoms with van der Waals surface area (Å²) in [5, 5.41) is 5.06. The minimum absolute atomic E-state index is 0.0821. The lowest BCUT2D eigenvalue weighted by Gasteiger charge is -2.29. The van der Waals surface area contributed by atoms with Crippen LogP contribution in [0.25, 0.3) is 0 Å². The fourth-order valence-electron chi connectivity index (χ4n) is 2.92. The monoisotopic (exact) mass is 396 g/mol. The van der Waals surface area contributed by atoms with Gasteiger partial charge in [-0.05, 0) is 31.0 Å². The maximum atomic E-state index is 13.6. The number of halogens is 2. The molecular weight excluding hydrogens is 374 g/mol. The second-order valence-corrected chi connectivity index (χ2v) is 6.73. The van der Waals surface area contributed by atoms with Crippen molar-refractivity contribution in [2.45, 2.75) is 25.3 Å². The van der Waals surface area contributed by atoms with Gasteiger partial charge in [0.1, 0.15) is 12.6 Å². The molecule has 2 fully saturated rings. The van der Waals surface area contributed by atoms with Gasteiger partial charge in [0.2, 0.25) is 11.8 Å². The molecule has 0 aromatic heterocycles. The highest BCUT2D eigenvalue weighted by molar-refractivity contribution is 5.99. The van der Waals surface area contributed by atoms with Crippen LogP contribution >= 0.6 is 0 Å². The largest absolute Gasteiger partial charge is 0.370 e. The van der Waals surface area contributed by atoms with Crippen LogP contribution in [0.5, 0.6) is 0 Å². The predicted molar refractivity (Wildman–Crippen MR) is 96.9 cm³/mol. The summed E-state index contributed by atoms with van der Waals surface area (Å²) in [5.74, 6) is -1.32. The Hall–Kier alpha value is -2.59. The number of benzene rings is 1. The van der Waals surface area contributed by atoms with Crippen molar-refractivity contribution in [3.8, 4) is 0 Å². The van der Waals surface area contributed by atoms with Crippen molar-refractivity contribution < 1.29 is 27.9 Å². The second kappa shape index (κ2) is 8.61.